The molecule has 1 aromatic heterocycles. The second-order valence-corrected chi connectivity index (χ2v) is 6.66. The Balaban J connectivity index is 1.98. The lowest BCUT2D eigenvalue weighted by Gasteiger charge is -2.10. The maximum atomic E-state index is 13.5. The van der Waals surface area contributed by atoms with Gasteiger partial charge in [0.05, 0.1) is 11.1 Å². The van der Waals surface area contributed by atoms with Gasteiger partial charge >= 0.3 is 6.18 Å². The van der Waals surface area contributed by atoms with Crippen LogP contribution in [0.25, 0.3) is 10.9 Å². The van der Waals surface area contributed by atoms with Gasteiger partial charge in [-0.3, -0.25) is 14.3 Å². The van der Waals surface area contributed by atoms with Crippen LogP contribution in [0.15, 0.2) is 36.4 Å². The summed E-state index contributed by atoms with van der Waals surface area (Å²) >= 11 is 0. The monoisotopic (exact) mass is 408 g/mol. The third-order valence-electron chi connectivity index (χ3n) is 4.16. The Morgan fingerprint density at radius 2 is 1.83 bits per heavy atom. The van der Waals surface area contributed by atoms with Crippen LogP contribution in [0.3, 0.4) is 0 Å². The highest BCUT2D eigenvalue weighted by Crippen LogP contribution is 2.31. The lowest BCUT2D eigenvalue weighted by molar-refractivity contribution is -0.137. The smallest absolute Gasteiger partial charge is 0.364 e. The van der Waals surface area contributed by atoms with E-state index >= 15 is 0 Å². The molecular weight excluding hydrogens is 392 g/mol. The molecule has 0 saturated carbocycles. The van der Waals surface area contributed by atoms with Gasteiger partial charge in [0.2, 0.25) is 0 Å². The Kier molecular flexibility index (Phi) is 5.04. The minimum Gasteiger partial charge on any atom is -0.364 e. The molecule has 0 unspecified atom stereocenters. The van der Waals surface area contributed by atoms with Crippen LogP contribution in [0.1, 0.15) is 46.3 Å². The van der Waals surface area contributed by atoms with Crippen LogP contribution >= 0.6 is 0 Å². The van der Waals surface area contributed by atoms with Crippen molar-refractivity contribution in [2.24, 2.45) is 5.73 Å². The predicted octanol–water partition coefficient (Wildman–Crippen LogP) is 4.13. The SMILES string of the molecule is CC(C)n1nc2ccc(NC(=O)c3cc(F)cc(C(F)(F)F)c3)cc2c1C(N)=O. The highest BCUT2D eigenvalue weighted by molar-refractivity contribution is 6.08. The number of nitrogens with one attached hydrogen (secondary N) is 1. The molecule has 0 saturated heterocycles. The summed E-state index contributed by atoms with van der Waals surface area (Å²) in [6.45, 7) is 3.62. The molecule has 2 aromatic carbocycles. The van der Waals surface area contributed by atoms with Crippen molar-refractivity contribution in [2.45, 2.75) is 26.1 Å². The van der Waals surface area contributed by atoms with Crippen LogP contribution in [0.4, 0.5) is 23.2 Å². The number of rotatable bonds is 4. The van der Waals surface area contributed by atoms with Gasteiger partial charge in [-0.25, -0.2) is 4.39 Å². The molecule has 10 heteroatoms. The lowest BCUT2D eigenvalue weighted by Crippen LogP contribution is -2.19. The molecule has 6 nitrogen and oxygen atoms in total. The van der Waals surface area contributed by atoms with Crippen LogP contribution in [0.5, 0.6) is 0 Å². The summed E-state index contributed by atoms with van der Waals surface area (Å²) in [5.74, 6) is -2.84. The minimum absolute atomic E-state index is 0.135. The topological polar surface area (TPSA) is 90.0 Å². The Hall–Kier alpha value is -3.43. The number of carbonyl (C=O) groups excluding carboxylic acids is 2. The van der Waals surface area contributed by atoms with Gasteiger partial charge in [0.15, 0.2) is 0 Å². The van der Waals surface area contributed by atoms with Crippen molar-refractivity contribution in [1.82, 2.24) is 9.78 Å². The zero-order valence-corrected chi connectivity index (χ0v) is 15.3. The molecule has 0 aliphatic carbocycles. The largest absolute Gasteiger partial charge is 0.416 e. The number of halogens is 4. The fourth-order valence-corrected chi connectivity index (χ4v) is 2.89. The van der Waals surface area contributed by atoms with Crippen molar-refractivity contribution in [3.05, 3.63) is 59.0 Å². The van der Waals surface area contributed by atoms with E-state index in [1.165, 1.54) is 22.9 Å². The summed E-state index contributed by atoms with van der Waals surface area (Å²) in [6, 6.07) is 5.84. The van der Waals surface area contributed by atoms with Crippen molar-refractivity contribution in [3.63, 3.8) is 0 Å². The molecule has 3 N–H and O–H groups in total. The molecular formula is C19H16F4N4O2. The molecule has 0 atom stereocenters. The number of alkyl halides is 3. The molecule has 152 valence electrons. The number of anilines is 1. The minimum atomic E-state index is -4.79. The molecule has 0 bridgehead atoms. The number of nitrogens with two attached hydrogens (primary N) is 1. The first kappa shape index (κ1) is 20.3. The van der Waals surface area contributed by atoms with Crippen LogP contribution in [0.2, 0.25) is 0 Å². The van der Waals surface area contributed by atoms with Gasteiger partial charge in [0.1, 0.15) is 11.5 Å². The number of amides is 2. The van der Waals surface area contributed by atoms with Gasteiger partial charge in [-0.1, -0.05) is 0 Å². The molecule has 3 aromatic rings. The van der Waals surface area contributed by atoms with Crippen molar-refractivity contribution >= 4 is 28.4 Å². The Labute approximate surface area is 162 Å². The average molecular weight is 408 g/mol. The summed E-state index contributed by atoms with van der Waals surface area (Å²) in [6.07, 6.45) is -4.79. The lowest BCUT2D eigenvalue weighted by atomic mass is 10.1. The van der Waals surface area contributed by atoms with E-state index in [4.69, 9.17) is 5.73 Å². The van der Waals surface area contributed by atoms with Gasteiger partial charge in [-0.2, -0.15) is 18.3 Å². The highest BCUT2D eigenvalue weighted by Gasteiger charge is 2.32. The first-order chi connectivity index (χ1) is 13.5. The van der Waals surface area contributed by atoms with E-state index in [9.17, 15) is 27.2 Å². The van der Waals surface area contributed by atoms with E-state index in [1.54, 1.807) is 0 Å². The Morgan fingerprint density at radius 1 is 1.14 bits per heavy atom. The summed E-state index contributed by atoms with van der Waals surface area (Å²) in [5.41, 5.74) is 4.45. The Morgan fingerprint density at radius 3 is 2.41 bits per heavy atom. The third kappa shape index (κ3) is 4.05. The summed E-state index contributed by atoms with van der Waals surface area (Å²) in [5, 5.41) is 7.06. The van der Waals surface area contributed by atoms with Gasteiger partial charge < -0.3 is 11.1 Å². The van der Waals surface area contributed by atoms with E-state index in [0.29, 0.717) is 29.1 Å². The zero-order valence-electron chi connectivity index (χ0n) is 15.3. The quantitative estimate of drug-likeness (QED) is 0.636. The number of fused-ring (bicyclic) bond motifs is 1. The van der Waals surface area contributed by atoms with Crippen molar-refractivity contribution < 1.29 is 27.2 Å². The highest BCUT2D eigenvalue weighted by atomic mass is 19.4. The van der Waals surface area contributed by atoms with E-state index in [1.807, 2.05) is 13.8 Å². The van der Waals surface area contributed by atoms with Crippen molar-refractivity contribution in [1.29, 1.82) is 0 Å². The second-order valence-electron chi connectivity index (χ2n) is 6.66. The van der Waals surface area contributed by atoms with Crippen LogP contribution in [-0.2, 0) is 6.18 Å². The third-order valence-corrected chi connectivity index (χ3v) is 4.16. The van der Waals surface area contributed by atoms with Gasteiger partial charge in [-0.15, -0.1) is 0 Å². The first-order valence-corrected chi connectivity index (χ1v) is 8.48. The molecule has 29 heavy (non-hydrogen) atoms. The van der Waals surface area contributed by atoms with Crippen LogP contribution in [0, 0.1) is 5.82 Å². The fraction of sp³-hybridized carbons (Fsp3) is 0.211. The van der Waals surface area contributed by atoms with E-state index in [-0.39, 0.29) is 17.4 Å². The van der Waals surface area contributed by atoms with Crippen LogP contribution in [-0.4, -0.2) is 21.6 Å². The molecule has 0 aliphatic heterocycles. The van der Waals surface area contributed by atoms with Gasteiger partial charge in [0.25, 0.3) is 11.8 Å². The van der Waals surface area contributed by atoms with Gasteiger partial charge in [0, 0.05) is 22.7 Å². The number of benzene rings is 2. The number of hydrogen-bond donors (Lipinski definition) is 2. The maximum absolute atomic E-state index is 13.5. The normalized spacial score (nSPS) is 11.8. The number of hydrogen-bond acceptors (Lipinski definition) is 3. The van der Waals surface area contributed by atoms with Gasteiger partial charge in [-0.05, 0) is 50.2 Å². The molecule has 0 radical (unpaired) electrons. The number of primary amides is 1. The maximum Gasteiger partial charge on any atom is 0.416 e. The molecule has 0 fully saturated rings. The Bertz CT molecular complexity index is 1120. The summed E-state index contributed by atoms with van der Waals surface area (Å²) in [4.78, 5) is 24.2. The summed E-state index contributed by atoms with van der Waals surface area (Å²) < 4.78 is 53.5. The van der Waals surface area contributed by atoms with Crippen molar-refractivity contribution in [3.8, 4) is 0 Å². The first-order valence-electron chi connectivity index (χ1n) is 8.48. The molecule has 2 amide bonds. The molecule has 1 heterocycles. The number of nitrogens with zero attached hydrogens (tertiary/aromatic N) is 2. The van der Waals surface area contributed by atoms with E-state index < -0.39 is 34.9 Å². The number of carbonyl (C=O) groups is 2. The molecule has 0 aliphatic rings. The predicted molar refractivity (Wildman–Crippen MR) is 98.0 cm³/mol. The van der Waals surface area contributed by atoms with Crippen molar-refractivity contribution in [2.75, 3.05) is 5.32 Å². The summed E-state index contributed by atoms with van der Waals surface area (Å²) in [7, 11) is 0. The standard InChI is InChI=1S/C19H16F4N4O2/c1-9(2)27-16(17(24)28)14-8-13(3-4-15(14)26-27)25-18(29)10-5-11(19(21,22)23)7-12(20)6-10/h3-9H,1-2H3,(H2,24,28)(H,25,29). The van der Waals surface area contributed by atoms with E-state index in [0.717, 1.165) is 0 Å². The average Bonchev–Trinajstić information content (AvgIpc) is 2.99. The second kappa shape index (κ2) is 7.19. The molecule has 3 rings (SSSR count). The van der Waals surface area contributed by atoms with Crippen LogP contribution < -0.4 is 11.1 Å². The fourth-order valence-electron chi connectivity index (χ4n) is 2.89. The number of aromatic nitrogens is 2. The van der Waals surface area contributed by atoms with E-state index in [2.05, 4.69) is 10.4 Å². The zero-order chi connectivity index (χ0) is 21.5. The molecule has 0 spiro atoms.